The minimum atomic E-state index is -0.995. The van der Waals surface area contributed by atoms with E-state index in [1.165, 1.54) is 23.9 Å². The lowest BCUT2D eigenvalue weighted by Gasteiger charge is -1.94. The second kappa shape index (κ2) is 4.32. The number of Topliss-reactive ketones (excluding diaryl/α,β-unsaturated/α-hetero) is 1. The maximum absolute atomic E-state index is 10.8. The molecule has 0 aliphatic rings. The molecule has 0 amide bonds. The second-order valence-electron chi connectivity index (χ2n) is 3.76. The van der Waals surface area contributed by atoms with Crippen LogP contribution in [0.1, 0.15) is 23.7 Å². The van der Waals surface area contributed by atoms with Crippen molar-refractivity contribution >= 4 is 22.8 Å². The monoisotopic (exact) mass is 233 g/mol. The number of carbonyl (C=O) groups is 2. The summed E-state index contributed by atoms with van der Waals surface area (Å²) in [5, 5.41) is 17.1. The Hall–Kier alpha value is -2.24. The van der Waals surface area contributed by atoms with Gasteiger partial charge in [0.05, 0.1) is 12.1 Å². The maximum Gasteiger partial charge on any atom is 0.335 e. The van der Waals surface area contributed by atoms with Gasteiger partial charge in [0.15, 0.2) is 0 Å². The first kappa shape index (κ1) is 11.3. The Labute approximate surface area is 96.9 Å². The van der Waals surface area contributed by atoms with Gasteiger partial charge >= 0.3 is 5.97 Å². The Balaban J connectivity index is 2.30. The number of fused-ring (bicyclic) bond motifs is 1. The summed E-state index contributed by atoms with van der Waals surface area (Å²) in [6.07, 6.45) is 0.368. The predicted molar refractivity (Wildman–Crippen MR) is 59.8 cm³/mol. The smallest absolute Gasteiger partial charge is 0.335 e. The molecular weight excluding hydrogens is 222 g/mol. The molecule has 6 heteroatoms. The van der Waals surface area contributed by atoms with Crippen molar-refractivity contribution in [2.45, 2.75) is 19.9 Å². The zero-order valence-electron chi connectivity index (χ0n) is 9.25. The van der Waals surface area contributed by atoms with Crippen LogP contribution in [0.25, 0.3) is 11.0 Å². The van der Waals surface area contributed by atoms with Gasteiger partial charge in [-0.05, 0) is 25.1 Å². The van der Waals surface area contributed by atoms with E-state index in [-0.39, 0.29) is 11.3 Å². The van der Waals surface area contributed by atoms with Crippen molar-refractivity contribution in [3.8, 4) is 0 Å². The fourth-order valence-electron chi connectivity index (χ4n) is 1.45. The Morgan fingerprint density at radius 1 is 1.29 bits per heavy atom. The van der Waals surface area contributed by atoms with Gasteiger partial charge in [-0.1, -0.05) is 0 Å². The molecule has 1 heterocycles. The molecule has 0 fully saturated rings. The first-order valence-electron chi connectivity index (χ1n) is 5.14. The molecule has 0 bridgehead atoms. The largest absolute Gasteiger partial charge is 0.478 e. The van der Waals surface area contributed by atoms with E-state index < -0.39 is 5.97 Å². The summed E-state index contributed by atoms with van der Waals surface area (Å²) in [5.74, 6) is -0.928. The third-order valence-electron chi connectivity index (χ3n) is 2.33. The number of carboxylic acid groups (broad SMARTS) is 1. The standard InChI is InChI=1S/C11H11N3O3/c1-7(15)4-5-14-12-9-3-2-8(11(16)17)6-10(9)13-14/h2-3,6H,4-5H2,1H3,(H,16,17). The van der Waals surface area contributed by atoms with E-state index >= 15 is 0 Å². The average Bonchev–Trinajstić information content (AvgIpc) is 2.67. The predicted octanol–water partition coefficient (Wildman–Crippen LogP) is 1.11. The molecule has 2 aromatic rings. The van der Waals surface area contributed by atoms with E-state index in [1.54, 1.807) is 6.07 Å². The number of rotatable bonds is 4. The molecule has 1 aromatic carbocycles. The van der Waals surface area contributed by atoms with E-state index in [4.69, 9.17) is 5.11 Å². The molecule has 0 saturated carbocycles. The van der Waals surface area contributed by atoms with E-state index in [0.717, 1.165) is 0 Å². The molecule has 1 N–H and O–H groups in total. The van der Waals surface area contributed by atoms with Crippen molar-refractivity contribution in [3.63, 3.8) is 0 Å². The van der Waals surface area contributed by atoms with Crippen LogP contribution in [0.5, 0.6) is 0 Å². The van der Waals surface area contributed by atoms with Crippen LogP contribution >= 0.6 is 0 Å². The molecule has 0 aliphatic heterocycles. The minimum Gasteiger partial charge on any atom is -0.478 e. The molecule has 0 atom stereocenters. The van der Waals surface area contributed by atoms with Crippen LogP contribution in [-0.2, 0) is 11.3 Å². The number of hydrogen-bond donors (Lipinski definition) is 1. The number of aromatic carboxylic acids is 1. The van der Waals surface area contributed by atoms with Crippen LogP contribution in [0.15, 0.2) is 18.2 Å². The molecule has 6 nitrogen and oxygen atoms in total. The van der Waals surface area contributed by atoms with Crippen LogP contribution in [0.3, 0.4) is 0 Å². The lowest BCUT2D eigenvalue weighted by molar-refractivity contribution is -0.117. The molecular formula is C11H11N3O3. The third-order valence-corrected chi connectivity index (χ3v) is 2.33. The van der Waals surface area contributed by atoms with Gasteiger partial charge in [0.2, 0.25) is 0 Å². The van der Waals surface area contributed by atoms with E-state index in [1.807, 2.05) is 0 Å². The lowest BCUT2D eigenvalue weighted by atomic mass is 10.2. The first-order valence-corrected chi connectivity index (χ1v) is 5.14. The first-order chi connectivity index (χ1) is 8.06. The topological polar surface area (TPSA) is 85.1 Å². The maximum atomic E-state index is 10.8. The summed E-state index contributed by atoms with van der Waals surface area (Å²) in [7, 11) is 0. The van der Waals surface area contributed by atoms with Gasteiger partial charge < -0.3 is 5.11 Å². The molecule has 0 unspecified atom stereocenters. The second-order valence-corrected chi connectivity index (χ2v) is 3.76. The van der Waals surface area contributed by atoms with Crippen LogP contribution in [0, 0.1) is 0 Å². The molecule has 17 heavy (non-hydrogen) atoms. The number of carbonyl (C=O) groups excluding carboxylic acids is 1. The lowest BCUT2D eigenvalue weighted by Crippen LogP contribution is -2.05. The Bertz CT molecular complexity index is 589. The van der Waals surface area contributed by atoms with Gasteiger partial charge in [0.25, 0.3) is 0 Å². The van der Waals surface area contributed by atoms with E-state index in [0.29, 0.717) is 24.0 Å². The van der Waals surface area contributed by atoms with Crippen molar-refractivity contribution in [2.24, 2.45) is 0 Å². The van der Waals surface area contributed by atoms with Gasteiger partial charge in [-0.2, -0.15) is 15.0 Å². The molecule has 0 radical (unpaired) electrons. The quantitative estimate of drug-likeness (QED) is 0.854. The SMILES string of the molecule is CC(=O)CCn1nc2ccc(C(=O)O)cc2n1. The van der Waals surface area contributed by atoms with Crippen molar-refractivity contribution in [3.05, 3.63) is 23.8 Å². The van der Waals surface area contributed by atoms with Crippen molar-refractivity contribution < 1.29 is 14.7 Å². The number of hydrogen-bond acceptors (Lipinski definition) is 4. The average molecular weight is 233 g/mol. The van der Waals surface area contributed by atoms with Crippen molar-refractivity contribution in [1.29, 1.82) is 0 Å². The normalized spacial score (nSPS) is 10.6. The Morgan fingerprint density at radius 2 is 2.00 bits per heavy atom. The number of aromatic nitrogens is 3. The van der Waals surface area contributed by atoms with E-state index in [2.05, 4.69) is 10.2 Å². The third kappa shape index (κ3) is 2.47. The van der Waals surface area contributed by atoms with Crippen LogP contribution in [0.2, 0.25) is 0 Å². The highest BCUT2D eigenvalue weighted by atomic mass is 16.4. The van der Waals surface area contributed by atoms with Crippen LogP contribution < -0.4 is 0 Å². The fraction of sp³-hybridized carbons (Fsp3) is 0.273. The Morgan fingerprint density at radius 3 is 2.65 bits per heavy atom. The van der Waals surface area contributed by atoms with Crippen molar-refractivity contribution in [1.82, 2.24) is 15.0 Å². The van der Waals surface area contributed by atoms with Gasteiger partial charge in [0, 0.05) is 6.42 Å². The van der Waals surface area contributed by atoms with Gasteiger partial charge in [-0.3, -0.25) is 4.79 Å². The number of aryl methyl sites for hydroxylation is 1. The number of nitrogens with zero attached hydrogens (tertiary/aromatic N) is 3. The molecule has 1 aromatic heterocycles. The summed E-state index contributed by atoms with van der Waals surface area (Å²) < 4.78 is 0. The van der Waals surface area contributed by atoms with Crippen molar-refractivity contribution in [2.75, 3.05) is 0 Å². The van der Waals surface area contributed by atoms with E-state index in [9.17, 15) is 9.59 Å². The molecule has 0 aliphatic carbocycles. The fourth-order valence-corrected chi connectivity index (χ4v) is 1.45. The van der Waals surface area contributed by atoms with Gasteiger partial charge in [-0.25, -0.2) is 4.79 Å². The summed E-state index contributed by atoms with van der Waals surface area (Å²) in [6, 6.07) is 4.56. The summed E-state index contributed by atoms with van der Waals surface area (Å²) >= 11 is 0. The number of ketones is 1. The number of carboxylic acids is 1. The van der Waals surface area contributed by atoms with Gasteiger partial charge in [0.1, 0.15) is 16.8 Å². The highest BCUT2D eigenvalue weighted by Crippen LogP contribution is 2.11. The highest BCUT2D eigenvalue weighted by molar-refractivity contribution is 5.92. The summed E-state index contributed by atoms with van der Waals surface area (Å²) in [4.78, 5) is 23.0. The molecule has 0 spiro atoms. The molecule has 0 saturated heterocycles. The summed E-state index contributed by atoms with van der Waals surface area (Å²) in [5.41, 5.74) is 1.32. The zero-order valence-corrected chi connectivity index (χ0v) is 9.25. The Kier molecular flexibility index (Phi) is 2.86. The van der Waals surface area contributed by atoms with Crippen LogP contribution in [0.4, 0.5) is 0 Å². The van der Waals surface area contributed by atoms with Crippen LogP contribution in [-0.4, -0.2) is 31.9 Å². The number of benzene rings is 1. The summed E-state index contributed by atoms with van der Waals surface area (Å²) in [6.45, 7) is 1.91. The highest BCUT2D eigenvalue weighted by Gasteiger charge is 2.08. The zero-order chi connectivity index (χ0) is 12.4. The molecule has 88 valence electrons. The minimum absolute atomic E-state index is 0.0672. The van der Waals surface area contributed by atoms with Gasteiger partial charge in [-0.15, -0.1) is 0 Å². The molecule has 2 rings (SSSR count).